The van der Waals surface area contributed by atoms with E-state index in [0.717, 1.165) is 18.4 Å². The molecule has 0 bridgehead atoms. The molecule has 0 aliphatic heterocycles. The van der Waals surface area contributed by atoms with Crippen molar-refractivity contribution in [3.63, 3.8) is 0 Å². The lowest BCUT2D eigenvalue weighted by molar-refractivity contribution is 0.442. The highest BCUT2D eigenvalue weighted by atomic mass is 19.1. The summed E-state index contributed by atoms with van der Waals surface area (Å²) in [6.45, 7) is 0. The summed E-state index contributed by atoms with van der Waals surface area (Å²) < 4.78 is 12.9. The van der Waals surface area contributed by atoms with Crippen LogP contribution in [0, 0.1) is 18.2 Å². The fourth-order valence-electron chi connectivity index (χ4n) is 2.47. The normalized spacial score (nSPS) is 18.3. The van der Waals surface area contributed by atoms with Crippen LogP contribution in [0.25, 0.3) is 0 Å². The molecule has 20 heavy (non-hydrogen) atoms. The van der Waals surface area contributed by atoms with E-state index in [4.69, 9.17) is 12.2 Å². The topological polar surface area (TPSA) is 50.4 Å². The first kappa shape index (κ1) is 14.4. The molecule has 1 unspecified atom stereocenters. The first-order valence-corrected chi connectivity index (χ1v) is 7.00. The third-order valence-corrected chi connectivity index (χ3v) is 3.56. The quantitative estimate of drug-likeness (QED) is 0.505. The molecule has 2 rings (SSSR count). The summed E-state index contributed by atoms with van der Waals surface area (Å²) in [7, 11) is 0. The number of rotatable bonds is 3. The van der Waals surface area contributed by atoms with Crippen LogP contribution in [0.4, 0.5) is 4.39 Å². The van der Waals surface area contributed by atoms with Crippen molar-refractivity contribution in [2.24, 2.45) is 10.7 Å². The summed E-state index contributed by atoms with van der Waals surface area (Å²) in [5.41, 5.74) is 6.72. The lowest BCUT2D eigenvalue weighted by atomic mass is 9.96. The first-order valence-electron chi connectivity index (χ1n) is 7.00. The smallest absolute Gasteiger partial charge is 0.190 e. The highest BCUT2D eigenvalue weighted by molar-refractivity contribution is 5.79. The molecular formula is C16H20FN3. The van der Waals surface area contributed by atoms with Gasteiger partial charge in [0, 0.05) is 0 Å². The third-order valence-electron chi connectivity index (χ3n) is 3.56. The average Bonchev–Trinajstić information content (AvgIpc) is 2.47. The SMILES string of the molecule is C#CC(NC(N)=NC1CCCCC1)c1ccc(F)cc1. The number of nitrogens with zero attached hydrogens (tertiary/aromatic N) is 1. The minimum absolute atomic E-state index is 0.284. The second-order valence-corrected chi connectivity index (χ2v) is 5.10. The standard InChI is InChI=1S/C16H20FN3/c1-2-15(12-8-10-13(17)11-9-12)20-16(18)19-14-6-4-3-5-7-14/h1,8-11,14-15H,3-7H2,(H3,18,19,20). The minimum Gasteiger partial charge on any atom is -0.370 e. The van der Waals surface area contributed by atoms with Gasteiger partial charge < -0.3 is 11.1 Å². The van der Waals surface area contributed by atoms with E-state index in [2.05, 4.69) is 16.2 Å². The Balaban J connectivity index is 2.00. The van der Waals surface area contributed by atoms with Crippen molar-refractivity contribution in [1.29, 1.82) is 0 Å². The molecule has 0 radical (unpaired) electrons. The van der Waals surface area contributed by atoms with Crippen molar-refractivity contribution in [2.75, 3.05) is 0 Å². The molecule has 0 spiro atoms. The number of nitrogens with two attached hydrogens (primary N) is 1. The van der Waals surface area contributed by atoms with Crippen LogP contribution in [0.2, 0.25) is 0 Å². The molecule has 4 heteroatoms. The average molecular weight is 273 g/mol. The van der Waals surface area contributed by atoms with Crippen LogP contribution in [0.15, 0.2) is 29.3 Å². The Morgan fingerprint density at radius 1 is 1.30 bits per heavy atom. The summed E-state index contributed by atoms with van der Waals surface area (Å²) in [4.78, 5) is 4.48. The Bertz CT molecular complexity index is 495. The largest absolute Gasteiger partial charge is 0.370 e. The monoisotopic (exact) mass is 273 g/mol. The van der Waals surface area contributed by atoms with E-state index in [-0.39, 0.29) is 11.9 Å². The summed E-state index contributed by atoms with van der Waals surface area (Å²) in [5, 5.41) is 3.02. The molecule has 3 N–H and O–H groups in total. The Hall–Kier alpha value is -2.02. The van der Waals surface area contributed by atoms with E-state index in [1.807, 2.05) is 0 Å². The van der Waals surface area contributed by atoms with Crippen molar-refractivity contribution >= 4 is 5.96 Å². The molecule has 0 heterocycles. The number of terminal acetylenes is 1. The molecule has 1 atom stereocenters. The maximum absolute atomic E-state index is 12.9. The highest BCUT2D eigenvalue weighted by Gasteiger charge is 2.14. The fourth-order valence-corrected chi connectivity index (χ4v) is 2.47. The molecule has 1 aliphatic carbocycles. The van der Waals surface area contributed by atoms with Gasteiger partial charge in [-0.2, -0.15) is 0 Å². The summed E-state index contributed by atoms with van der Waals surface area (Å²) in [6.07, 6.45) is 11.4. The zero-order valence-electron chi connectivity index (χ0n) is 11.5. The van der Waals surface area contributed by atoms with Gasteiger partial charge in [0.1, 0.15) is 11.9 Å². The van der Waals surface area contributed by atoms with Crippen LogP contribution in [-0.2, 0) is 0 Å². The van der Waals surface area contributed by atoms with Crippen LogP contribution >= 0.6 is 0 Å². The lowest BCUT2D eigenvalue weighted by Gasteiger charge is -2.20. The van der Waals surface area contributed by atoms with E-state index >= 15 is 0 Å². The second-order valence-electron chi connectivity index (χ2n) is 5.10. The van der Waals surface area contributed by atoms with E-state index in [9.17, 15) is 4.39 Å². The maximum Gasteiger partial charge on any atom is 0.190 e. The van der Waals surface area contributed by atoms with Gasteiger partial charge in [0.05, 0.1) is 6.04 Å². The molecule has 0 amide bonds. The van der Waals surface area contributed by atoms with E-state index in [0.29, 0.717) is 12.0 Å². The fraction of sp³-hybridized carbons (Fsp3) is 0.438. The predicted molar refractivity (Wildman–Crippen MR) is 79.6 cm³/mol. The number of guanidine groups is 1. The van der Waals surface area contributed by atoms with Gasteiger partial charge in [-0.15, -0.1) is 6.42 Å². The second kappa shape index (κ2) is 6.95. The molecule has 3 nitrogen and oxygen atoms in total. The van der Waals surface area contributed by atoms with E-state index < -0.39 is 0 Å². The summed E-state index contributed by atoms with van der Waals surface area (Å²) in [5.74, 6) is 2.69. The van der Waals surface area contributed by atoms with E-state index in [1.165, 1.54) is 31.4 Å². The lowest BCUT2D eigenvalue weighted by Crippen LogP contribution is -2.36. The molecular weight excluding hydrogens is 253 g/mol. The van der Waals surface area contributed by atoms with Gasteiger partial charge >= 0.3 is 0 Å². The van der Waals surface area contributed by atoms with Gasteiger partial charge in [-0.05, 0) is 30.5 Å². The zero-order chi connectivity index (χ0) is 14.4. The predicted octanol–water partition coefficient (Wildman–Crippen LogP) is 2.74. The number of nitrogens with one attached hydrogen (secondary N) is 1. The Morgan fingerprint density at radius 3 is 2.55 bits per heavy atom. The molecule has 0 saturated heterocycles. The number of hydrogen-bond acceptors (Lipinski definition) is 1. The number of halogens is 1. The molecule has 0 aromatic heterocycles. The Labute approximate surface area is 119 Å². The Morgan fingerprint density at radius 2 is 1.95 bits per heavy atom. The van der Waals surface area contributed by atoms with Crippen LogP contribution in [0.1, 0.15) is 43.7 Å². The number of aliphatic imine (C=N–C) groups is 1. The van der Waals surface area contributed by atoms with Crippen molar-refractivity contribution in [2.45, 2.75) is 44.2 Å². The molecule has 1 saturated carbocycles. The van der Waals surface area contributed by atoms with Crippen LogP contribution in [0.5, 0.6) is 0 Å². The molecule has 1 aliphatic rings. The van der Waals surface area contributed by atoms with Gasteiger partial charge in [-0.1, -0.05) is 37.3 Å². The van der Waals surface area contributed by atoms with Crippen molar-refractivity contribution < 1.29 is 4.39 Å². The van der Waals surface area contributed by atoms with Gasteiger partial charge in [0.25, 0.3) is 0 Å². The van der Waals surface area contributed by atoms with E-state index in [1.54, 1.807) is 12.1 Å². The van der Waals surface area contributed by atoms with Gasteiger partial charge in [0.2, 0.25) is 0 Å². The minimum atomic E-state index is -0.386. The molecule has 1 aromatic rings. The highest BCUT2D eigenvalue weighted by Crippen LogP contribution is 2.20. The Kier molecular flexibility index (Phi) is 5.00. The zero-order valence-corrected chi connectivity index (χ0v) is 11.5. The number of hydrogen-bond donors (Lipinski definition) is 2. The van der Waals surface area contributed by atoms with Gasteiger partial charge in [0.15, 0.2) is 5.96 Å². The van der Waals surface area contributed by atoms with Gasteiger partial charge in [-0.3, -0.25) is 4.99 Å². The molecule has 1 aromatic carbocycles. The van der Waals surface area contributed by atoms with Gasteiger partial charge in [-0.25, -0.2) is 4.39 Å². The van der Waals surface area contributed by atoms with Crippen molar-refractivity contribution in [3.8, 4) is 12.3 Å². The van der Waals surface area contributed by atoms with Crippen molar-refractivity contribution in [1.82, 2.24) is 5.32 Å². The van der Waals surface area contributed by atoms with Crippen LogP contribution in [0.3, 0.4) is 0 Å². The summed E-state index contributed by atoms with van der Waals surface area (Å²) >= 11 is 0. The molecule has 106 valence electrons. The van der Waals surface area contributed by atoms with Crippen molar-refractivity contribution in [3.05, 3.63) is 35.6 Å². The van der Waals surface area contributed by atoms with Crippen LogP contribution in [-0.4, -0.2) is 12.0 Å². The number of benzene rings is 1. The first-order chi connectivity index (χ1) is 9.69. The maximum atomic E-state index is 12.9. The third kappa shape index (κ3) is 3.99. The van der Waals surface area contributed by atoms with Crippen LogP contribution < -0.4 is 11.1 Å². The molecule has 1 fully saturated rings. The summed E-state index contributed by atoms with van der Waals surface area (Å²) in [6, 6.07) is 5.98.